The quantitative estimate of drug-likeness (QED) is 0.929. The van der Waals surface area contributed by atoms with Gasteiger partial charge in [0.05, 0.1) is 12.6 Å². The van der Waals surface area contributed by atoms with E-state index in [1.165, 1.54) is 0 Å². The van der Waals surface area contributed by atoms with E-state index in [4.69, 9.17) is 4.74 Å². The average molecular weight is 312 g/mol. The van der Waals surface area contributed by atoms with Crippen molar-refractivity contribution in [2.45, 2.75) is 31.7 Å². The third-order valence-corrected chi connectivity index (χ3v) is 4.36. The molecule has 0 amide bonds. The molecule has 4 heteroatoms. The van der Waals surface area contributed by atoms with E-state index in [9.17, 15) is 4.79 Å². The second kappa shape index (κ2) is 5.41. The van der Waals surface area contributed by atoms with Gasteiger partial charge in [-0.15, -0.1) is 0 Å². The fraction of sp³-hybridized carbons (Fsp3) is 0.500. The highest BCUT2D eigenvalue weighted by Gasteiger charge is 2.35. The molecule has 1 saturated heterocycles. The summed E-state index contributed by atoms with van der Waals surface area (Å²) in [5, 5.41) is 3.30. The molecule has 0 saturated carbocycles. The molecule has 1 atom stereocenters. The third-order valence-electron chi connectivity index (χ3n) is 3.59. The van der Waals surface area contributed by atoms with Crippen molar-refractivity contribution < 1.29 is 9.53 Å². The van der Waals surface area contributed by atoms with Crippen LogP contribution in [0.15, 0.2) is 22.7 Å². The van der Waals surface area contributed by atoms with Gasteiger partial charge in [-0.2, -0.15) is 0 Å². The molecule has 0 aliphatic carbocycles. The largest absolute Gasteiger partial charge is 0.497 e. The zero-order valence-corrected chi connectivity index (χ0v) is 12.3. The monoisotopic (exact) mass is 311 g/mol. The van der Waals surface area contributed by atoms with Crippen molar-refractivity contribution in [2.75, 3.05) is 13.7 Å². The molecule has 1 aromatic rings. The van der Waals surface area contributed by atoms with Crippen molar-refractivity contribution in [3.8, 4) is 5.75 Å². The number of Topliss-reactive ketones (excluding diaryl/α,β-unsaturated/α-hetero) is 1. The lowest BCUT2D eigenvalue weighted by atomic mass is 9.90. The summed E-state index contributed by atoms with van der Waals surface area (Å²) in [4.78, 5) is 12.4. The number of ketones is 1. The van der Waals surface area contributed by atoms with Crippen molar-refractivity contribution in [2.24, 2.45) is 0 Å². The first-order chi connectivity index (χ1) is 8.55. The maximum Gasteiger partial charge on any atom is 0.156 e. The Balaban J connectivity index is 2.16. The maximum atomic E-state index is 12.4. The Labute approximate surface area is 116 Å². The number of benzene rings is 1. The molecule has 1 fully saturated rings. The topological polar surface area (TPSA) is 38.3 Å². The summed E-state index contributed by atoms with van der Waals surface area (Å²) in [5.41, 5.74) is 0.622. The van der Waals surface area contributed by atoms with Crippen LogP contribution >= 0.6 is 15.9 Å². The number of methoxy groups -OCH3 is 1. The van der Waals surface area contributed by atoms with E-state index in [-0.39, 0.29) is 11.3 Å². The number of hydrogen-bond acceptors (Lipinski definition) is 3. The van der Waals surface area contributed by atoms with Crippen LogP contribution in [0.3, 0.4) is 0 Å². The van der Waals surface area contributed by atoms with Crippen LogP contribution in [0.25, 0.3) is 0 Å². The van der Waals surface area contributed by atoms with Crippen LogP contribution in [0, 0.1) is 0 Å². The number of rotatable bonds is 4. The van der Waals surface area contributed by atoms with Gasteiger partial charge in [0.2, 0.25) is 0 Å². The summed E-state index contributed by atoms with van der Waals surface area (Å²) in [6.07, 6.45) is 2.43. The molecule has 1 N–H and O–H groups in total. The van der Waals surface area contributed by atoms with Crippen LogP contribution in [-0.4, -0.2) is 25.0 Å². The highest BCUT2D eigenvalue weighted by atomic mass is 79.9. The predicted molar refractivity (Wildman–Crippen MR) is 75.0 cm³/mol. The van der Waals surface area contributed by atoms with Gasteiger partial charge in [0.25, 0.3) is 0 Å². The SMILES string of the molecule is COc1ccc(Br)c(CC(=O)C2(C)CCCN2)c1. The van der Waals surface area contributed by atoms with E-state index in [0.29, 0.717) is 6.42 Å². The Bertz CT molecular complexity index is 453. The molecular weight excluding hydrogens is 294 g/mol. The highest BCUT2D eigenvalue weighted by molar-refractivity contribution is 9.10. The van der Waals surface area contributed by atoms with Crippen molar-refractivity contribution in [1.82, 2.24) is 5.32 Å². The standard InChI is InChI=1S/C14H18BrNO2/c1-14(6-3-7-16-14)13(17)9-10-8-11(18-2)4-5-12(10)15/h4-5,8,16H,3,6-7,9H2,1-2H3. The molecule has 1 unspecified atom stereocenters. The molecular formula is C14H18BrNO2. The fourth-order valence-electron chi connectivity index (χ4n) is 2.31. The number of carbonyl (C=O) groups is 1. The minimum atomic E-state index is -0.359. The molecule has 0 aromatic heterocycles. The number of ether oxygens (including phenoxy) is 1. The Hall–Kier alpha value is -0.870. The molecule has 1 aliphatic rings. The highest BCUT2D eigenvalue weighted by Crippen LogP contribution is 2.26. The molecule has 0 spiro atoms. The molecule has 18 heavy (non-hydrogen) atoms. The molecule has 2 rings (SSSR count). The zero-order chi connectivity index (χ0) is 13.2. The number of nitrogens with one attached hydrogen (secondary N) is 1. The Morgan fingerprint density at radius 2 is 2.33 bits per heavy atom. The van der Waals surface area contributed by atoms with E-state index < -0.39 is 0 Å². The smallest absolute Gasteiger partial charge is 0.156 e. The molecule has 1 aliphatic heterocycles. The van der Waals surface area contributed by atoms with Crippen LogP contribution in [0.2, 0.25) is 0 Å². The van der Waals surface area contributed by atoms with Gasteiger partial charge < -0.3 is 10.1 Å². The first-order valence-electron chi connectivity index (χ1n) is 6.16. The number of halogens is 1. The Morgan fingerprint density at radius 3 is 2.94 bits per heavy atom. The summed E-state index contributed by atoms with van der Waals surface area (Å²) in [6, 6.07) is 5.72. The molecule has 1 aromatic carbocycles. The fourth-order valence-corrected chi connectivity index (χ4v) is 2.70. The summed E-state index contributed by atoms with van der Waals surface area (Å²) >= 11 is 3.49. The predicted octanol–water partition coefficient (Wildman–Crippen LogP) is 2.71. The molecule has 1 heterocycles. The maximum absolute atomic E-state index is 12.4. The van der Waals surface area contributed by atoms with Gasteiger partial charge in [-0.3, -0.25) is 4.79 Å². The van der Waals surface area contributed by atoms with Crippen LogP contribution in [0.4, 0.5) is 0 Å². The molecule has 0 radical (unpaired) electrons. The number of carbonyl (C=O) groups excluding carboxylic acids is 1. The zero-order valence-electron chi connectivity index (χ0n) is 10.8. The van der Waals surface area contributed by atoms with Crippen molar-refractivity contribution in [3.05, 3.63) is 28.2 Å². The van der Waals surface area contributed by atoms with Gasteiger partial charge in [-0.25, -0.2) is 0 Å². The van der Waals surface area contributed by atoms with E-state index >= 15 is 0 Å². The third kappa shape index (κ3) is 2.75. The second-order valence-electron chi connectivity index (χ2n) is 4.92. The first-order valence-corrected chi connectivity index (χ1v) is 6.95. The first kappa shape index (κ1) is 13.6. The van der Waals surface area contributed by atoms with Gasteiger partial charge in [-0.1, -0.05) is 15.9 Å². The van der Waals surface area contributed by atoms with Gasteiger partial charge >= 0.3 is 0 Å². The minimum absolute atomic E-state index is 0.244. The van der Waals surface area contributed by atoms with Crippen LogP contribution in [-0.2, 0) is 11.2 Å². The number of hydrogen-bond donors (Lipinski definition) is 1. The summed E-state index contributed by atoms with van der Waals surface area (Å²) in [5.74, 6) is 1.03. The average Bonchev–Trinajstić information content (AvgIpc) is 2.80. The van der Waals surface area contributed by atoms with Crippen molar-refractivity contribution >= 4 is 21.7 Å². The van der Waals surface area contributed by atoms with Crippen molar-refractivity contribution in [1.29, 1.82) is 0 Å². The lowest BCUT2D eigenvalue weighted by Crippen LogP contribution is -2.45. The summed E-state index contributed by atoms with van der Waals surface area (Å²) in [6.45, 7) is 2.93. The lowest BCUT2D eigenvalue weighted by molar-refractivity contribution is -0.123. The molecule has 98 valence electrons. The van der Waals surface area contributed by atoms with E-state index in [0.717, 1.165) is 35.2 Å². The van der Waals surface area contributed by atoms with Crippen LogP contribution in [0.1, 0.15) is 25.3 Å². The molecule has 0 bridgehead atoms. The normalized spacial score (nSPS) is 23.1. The Morgan fingerprint density at radius 1 is 1.56 bits per heavy atom. The second-order valence-corrected chi connectivity index (χ2v) is 5.77. The van der Waals surface area contributed by atoms with Crippen molar-refractivity contribution in [3.63, 3.8) is 0 Å². The summed E-state index contributed by atoms with van der Waals surface area (Å²) < 4.78 is 6.15. The van der Waals surface area contributed by atoms with Gasteiger partial charge in [0.15, 0.2) is 5.78 Å². The van der Waals surface area contributed by atoms with Gasteiger partial charge in [0.1, 0.15) is 5.75 Å². The van der Waals surface area contributed by atoms with Gasteiger partial charge in [-0.05, 0) is 50.1 Å². The van der Waals surface area contributed by atoms with Crippen LogP contribution in [0.5, 0.6) is 5.75 Å². The van der Waals surface area contributed by atoms with E-state index in [1.54, 1.807) is 7.11 Å². The van der Waals surface area contributed by atoms with Crippen LogP contribution < -0.4 is 10.1 Å². The summed E-state index contributed by atoms with van der Waals surface area (Å²) in [7, 11) is 1.63. The van der Waals surface area contributed by atoms with E-state index in [2.05, 4.69) is 21.2 Å². The minimum Gasteiger partial charge on any atom is -0.497 e. The Kier molecular flexibility index (Phi) is 4.07. The lowest BCUT2D eigenvalue weighted by Gasteiger charge is -2.23. The van der Waals surface area contributed by atoms with Gasteiger partial charge in [0, 0.05) is 10.9 Å². The van der Waals surface area contributed by atoms with E-state index in [1.807, 2.05) is 25.1 Å². The molecule has 3 nitrogen and oxygen atoms in total.